The van der Waals surface area contributed by atoms with Gasteiger partial charge in [0.05, 0.1) is 5.69 Å². The van der Waals surface area contributed by atoms with E-state index in [9.17, 15) is 4.39 Å². The second kappa shape index (κ2) is 5.87. The minimum atomic E-state index is -0.388. The predicted molar refractivity (Wildman–Crippen MR) is 77.1 cm³/mol. The quantitative estimate of drug-likeness (QED) is 0.843. The van der Waals surface area contributed by atoms with E-state index in [1.165, 1.54) is 11.6 Å². The lowest BCUT2D eigenvalue weighted by Crippen LogP contribution is -2.05. The van der Waals surface area contributed by atoms with Crippen LogP contribution in [0.1, 0.15) is 5.56 Å². The third-order valence-electron chi connectivity index (χ3n) is 2.68. The van der Waals surface area contributed by atoms with E-state index in [4.69, 9.17) is 5.73 Å². The fourth-order valence-electron chi connectivity index (χ4n) is 1.68. The molecule has 2 rings (SSSR count). The zero-order valence-corrected chi connectivity index (χ0v) is 11.4. The molecule has 0 heterocycles. The molecule has 0 saturated carbocycles. The highest BCUT2D eigenvalue weighted by molar-refractivity contribution is 9.10. The summed E-state index contributed by atoms with van der Waals surface area (Å²) in [6.07, 6.45) is 0.868. The Kier molecular flexibility index (Phi) is 4.20. The van der Waals surface area contributed by atoms with Crippen LogP contribution in [0.3, 0.4) is 0 Å². The molecule has 2 aromatic rings. The summed E-state index contributed by atoms with van der Waals surface area (Å²) in [6.45, 7) is 0.742. The third kappa shape index (κ3) is 3.23. The fraction of sp³-hybridized carbons (Fsp3) is 0.143. The lowest BCUT2D eigenvalue weighted by molar-refractivity contribution is 0.633. The zero-order chi connectivity index (χ0) is 13.0. The van der Waals surface area contributed by atoms with Gasteiger partial charge in [0.15, 0.2) is 0 Å². The standard InChI is InChI=1S/C14H14BrFN2/c15-12-4-2-1-3-10(12)7-8-18-11-5-6-14(17)13(16)9-11/h1-6,9,18H,7-8,17H2. The van der Waals surface area contributed by atoms with Crippen LogP contribution in [0.25, 0.3) is 0 Å². The summed E-state index contributed by atoms with van der Waals surface area (Å²) < 4.78 is 14.3. The zero-order valence-electron chi connectivity index (χ0n) is 9.79. The van der Waals surface area contributed by atoms with Crippen LogP contribution in [0.2, 0.25) is 0 Å². The van der Waals surface area contributed by atoms with E-state index < -0.39 is 0 Å². The van der Waals surface area contributed by atoms with Crippen molar-refractivity contribution >= 4 is 27.3 Å². The molecule has 0 bridgehead atoms. The van der Waals surface area contributed by atoms with Gasteiger partial charge in [0.1, 0.15) is 5.82 Å². The number of nitrogens with two attached hydrogens (primary N) is 1. The molecule has 94 valence electrons. The Morgan fingerprint density at radius 1 is 1.17 bits per heavy atom. The van der Waals surface area contributed by atoms with Gasteiger partial charge in [0.25, 0.3) is 0 Å². The molecule has 0 spiro atoms. The van der Waals surface area contributed by atoms with Gasteiger partial charge >= 0.3 is 0 Å². The minimum Gasteiger partial charge on any atom is -0.396 e. The number of nitrogen functional groups attached to an aromatic ring is 1. The van der Waals surface area contributed by atoms with Gasteiger partial charge in [-0.1, -0.05) is 34.1 Å². The topological polar surface area (TPSA) is 38.0 Å². The van der Waals surface area contributed by atoms with Gasteiger partial charge in [-0.3, -0.25) is 0 Å². The highest BCUT2D eigenvalue weighted by Gasteiger charge is 2.01. The van der Waals surface area contributed by atoms with Crippen LogP contribution in [-0.4, -0.2) is 6.54 Å². The summed E-state index contributed by atoms with van der Waals surface area (Å²) >= 11 is 3.50. The van der Waals surface area contributed by atoms with Crippen molar-refractivity contribution in [2.24, 2.45) is 0 Å². The second-order valence-corrected chi connectivity index (χ2v) is 4.86. The van der Waals surface area contributed by atoms with Gasteiger partial charge in [-0.25, -0.2) is 4.39 Å². The summed E-state index contributed by atoms with van der Waals surface area (Å²) in [5.74, 6) is -0.388. The first-order valence-corrected chi connectivity index (χ1v) is 6.48. The number of hydrogen-bond acceptors (Lipinski definition) is 2. The van der Waals surface area contributed by atoms with Crippen molar-refractivity contribution in [2.75, 3.05) is 17.6 Å². The van der Waals surface area contributed by atoms with Crippen LogP contribution in [0, 0.1) is 5.82 Å². The van der Waals surface area contributed by atoms with E-state index in [1.807, 2.05) is 18.2 Å². The van der Waals surface area contributed by atoms with Crippen molar-refractivity contribution < 1.29 is 4.39 Å². The first-order valence-electron chi connectivity index (χ1n) is 5.69. The monoisotopic (exact) mass is 308 g/mol. The average Bonchev–Trinajstić information content (AvgIpc) is 2.36. The molecule has 0 aliphatic carbocycles. The number of benzene rings is 2. The number of nitrogens with one attached hydrogen (secondary N) is 1. The fourth-order valence-corrected chi connectivity index (χ4v) is 2.16. The van der Waals surface area contributed by atoms with Gasteiger partial charge in [-0.2, -0.15) is 0 Å². The molecule has 0 fully saturated rings. The molecule has 0 aliphatic heterocycles. The van der Waals surface area contributed by atoms with Crippen LogP contribution in [0.5, 0.6) is 0 Å². The van der Waals surface area contributed by atoms with E-state index in [1.54, 1.807) is 12.1 Å². The Hall–Kier alpha value is -1.55. The molecule has 0 unspecified atom stereocenters. The lowest BCUT2D eigenvalue weighted by atomic mass is 10.1. The van der Waals surface area contributed by atoms with E-state index in [0.29, 0.717) is 0 Å². The van der Waals surface area contributed by atoms with Crippen molar-refractivity contribution in [1.29, 1.82) is 0 Å². The second-order valence-electron chi connectivity index (χ2n) is 4.00. The summed E-state index contributed by atoms with van der Waals surface area (Å²) in [6, 6.07) is 12.8. The normalized spacial score (nSPS) is 10.3. The van der Waals surface area contributed by atoms with Crippen molar-refractivity contribution in [1.82, 2.24) is 0 Å². The minimum absolute atomic E-state index is 0.173. The van der Waals surface area contributed by atoms with E-state index in [-0.39, 0.29) is 11.5 Å². The molecule has 2 aromatic carbocycles. The molecule has 3 N–H and O–H groups in total. The molecule has 4 heteroatoms. The maximum atomic E-state index is 13.2. The third-order valence-corrected chi connectivity index (χ3v) is 3.46. The van der Waals surface area contributed by atoms with E-state index in [0.717, 1.165) is 23.1 Å². The molecule has 2 nitrogen and oxygen atoms in total. The first kappa shape index (κ1) is 12.9. The predicted octanol–water partition coefficient (Wildman–Crippen LogP) is 3.83. The van der Waals surface area contributed by atoms with Gasteiger partial charge < -0.3 is 11.1 Å². The Bertz CT molecular complexity index is 543. The molecular formula is C14H14BrFN2. The number of rotatable bonds is 4. The largest absolute Gasteiger partial charge is 0.396 e. The highest BCUT2D eigenvalue weighted by atomic mass is 79.9. The van der Waals surface area contributed by atoms with Crippen molar-refractivity contribution in [2.45, 2.75) is 6.42 Å². The van der Waals surface area contributed by atoms with Crippen LogP contribution < -0.4 is 11.1 Å². The van der Waals surface area contributed by atoms with Gasteiger partial charge in [0.2, 0.25) is 0 Å². The maximum absolute atomic E-state index is 13.2. The van der Waals surface area contributed by atoms with E-state index >= 15 is 0 Å². The highest BCUT2D eigenvalue weighted by Crippen LogP contribution is 2.18. The van der Waals surface area contributed by atoms with Crippen molar-refractivity contribution in [3.05, 3.63) is 58.3 Å². The van der Waals surface area contributed by atoms with Crippen molar-refractivity contribution in [3.8, 4) is 0 Å². The smallest absolute Gasteiger partial charge is 0.148 e. The van der Waals surface area contributed by atoms with Crippen molar-refractivity contribution in [3.63, 3.8) is 0 Å². The summed E-state index contributed by atoms with van der Waals surface area (Å²) in [5.41, 5.74) is 7.56. The number of hydrogen-bond donors (Lipinski definition) is 2. The summed E-state index contributed by atoms with van der Waals surface area (Å²) in [4.78, 5) is 0. The molecule has 18 heavy (non-hydrogen) atoms. The molecule has 0 aromatic heterocycles. The lowest BCUT2D eigenvalue weighted by Gasteiger charge is -2.08. The number of halogens is 2. The Balaban J connectivity index is 1.92. The molecule has 0 amide bonds. The Morgan fingerprint density at radius 2 is 1.94 bits per heavy atom. The maximum Gasteiger partial charge on any atom is 0.148 e. The molecule has 0 radical (unpaired) electrons. The first-order chi connectivity index (χ1) is 8.66. The van der Waals surface area contributed by atoms with E-state index in [2.05, 4.69) is 27.3 Å². The van der Waals surface area contributed by atoms with Gasteiger partial charge in [-0.05, 0) is 36.2 Å². The Labute approximate surface area is 114 Å². The molecule has 0 atom stereocenters. The van der Waals surface area contributed by atoms with Crippen LogP contribution in [-0.2, 0) is 6.42 Å². The van der Waals surface area contributed by atoms with Crippen LogP contribution >= 0.6 is 15.9 Å². The van der Waals surface area contributed by atoms with Crippen LogP contribution in [0.15, 0.2) is 46.9 Å². The molecule has 0 aliphatic rings. The average molecular weight is 309 g/mol. The Morgan fingerprint density at radius 3 is 2.67 bits per heavy atom. The number of anilines is 2. The summed E-state index contributed by atoms with van der Waals surface area (Å²) in [5, 5.41) is 3.17. The van der Waals surface area contributed by atoms with Gasteiger partial charge in [0, 0.05) is 16.7 Å². The van der Waals surface area contributed by atoms with Crippen LogP contribution in [0.4, 0.5) is 15.8 Å². The SMILES string of the molecule is Nc1ccc(NCCc2ccccc2Br)cc1F. The van der Waals surface area contributed by atoms with Gasteiger partial charge in [-0.15, -0.1) is 0 Å². The molecule has 0 saturated heterocycles. The molecular weight excluding hydrogens is 295 g/mol. The summed E-state index contributed by atoms with van der Waals surface area (Å²) in [7, 11) is 0.